The van der Waals surface area contributed by atoms with Gasteiger partial charge in [-0.3, -0.25) is 15.0 Å². The topological polar surface area (TPSA) is 93.7 Å². The van der Waals surface area contributed by atoms with Crippen LogP contribution in [0, 0.1) is 6.92 Å². The number of hydrogen-bond acceptors (Lipinski definition) is 8. The van der Waals surface area contributed by atoms with Crippen molar-refractivity contribution < 1.29 is 4.52 Å². The largest absolute Gasteiger partial charge is 0.351 e. The van der Waals surface area contributed by atoms with Crippen LogP contribution in [0.5, 0.6) is 0 Å². The molecule has 0 fully saturated rings. The van der Waals surface area contributed by atoms with E-state index in [9.17, 15) is 0 Å². The van der Waals surface area contributed by atoms with Gasteiger partial charge >= 0.3 is 0 Å². The first-order chi connectivity index (χ1) is 13.8. The maximum atomic E-state index is 5.48. The van der Waals surface area contributed by atoms with E-state index >= 15 is 0 Å². The van der Waals surface area contributed by atoms with Gasteiger partial charge in [-0.25, -0.2) is 4.98 Å². The van der Waals surface area contributed by atoms with Gasteiger partial charge in [-0.2, -0.15) is 4.98 Å². The summed E-state index contributed by atoms with van der Waals surface area (Å²) in [6.45, 7) is 3.54. The van der Waals surface area contributed by atoms with E-state index in [2.05, 4.69) is 35.0 Å². The summed E-state index contributed by atoms with van der Waals surface area (Å²) in [6, 6.07) is 3.74. The molecule has 138 valence electrons. The predicted octanol–water partition coefficient (Wildman–Crippen LogP) is 2.85. The minimum absolute atomic E-state index is 0.456. The average Bonchev–Trinajstić information content (AvgIpc) is 3.24. The van der Waals surface area contributed by atoms with Crippen molar-refractivity contribution >= 4 is 5.82 Å². The highest BCUT2D eigenvalue weighted by molar-refractivity contribution is 5.67. The van der Waals surface area contributed by atoms with E-state index in [0.29, 0.717) is 11.7 Å². The Morgan fingerprint density at radius 1 is 1.04 bits per heavy atom. The first-order valence-corrected chi connectivity index (χ1v) is 9.02. The van der Waals surface area contributed by atoms with Gasteiger partial charge in [0.05, 0.1) is 11.8 Å². The Bertz CT molecular complexity index is 1110. The van der Waals surface area contributed by atoms with Crippen LogP contribution in [-0.4, -0.2) is 36.6 Å². The lowest BCUT2D eigenvalue weighted by Gasteiger charge is -2.30. The fourth-order valence-electron chi connectivity index (χ4n) is 3.53. The molecule has 0 radical (unpaired) electrons. The van der Waals surface area contributed by atoms with Crippen LogP contribution in [0.3, 0.4) is 0 Å². The fraction of sp³-hybridized carbons (Fsp3) is 0.200. The first-order valence-electron chi connectivity index (χ1n) is 9.02. The molecule has 0 unspecified atom stereocenters. The summed E-state index contributed by atoms with van der Waals surface area (Å²) in [5.74, 6) is 1.89. The summed E-state index contributed by atoms with van der Waals surface area (Å²) in [5, 5.41) is 4.22. The van der Waals surface area contributed by atoms with E-state index in [1.807, 2.05) is 25.3 Å². The van der Waals surface area contributed by atoms with Crippen LogP contribution in [0.1, 0.15) is 16.8 Å². The molecule has 8 heteroatoms. The van der Waals surface area contributed by atoms with E-state index in [4.69, 9.17) is 4.52 Å². The third-order valence-electron chi connectivity index (χ3n) is 4.89. The Hall–Kier alpha value is -3.68. The number of rotatable bonds is 3. The van der Waals surface area contributed by atoms with Gasteiger partial charge in [0.15, 0.2) is 0 Å². The van der Waals surface area contributed by atoms with E-state index in [0.717, 1.165) is 47.7 Å². The number of fused-ring (bicyclic) bond motifs is 1. The molecule has 0 N–H and O–H groups in total. The van der Waals surface area contributed by atoms with Crippen LogP contribution in [0.15, 0.2) is 53.8 Å². The predicted molar refractivity (Wildman–Crippen MR) is 102 cm³/mol. The van der Waals surface area contributed by atoms with Crippen LogP contribution in [0.25, 0.3) is 22.8 Å². The molecule has 0 spiro atoms. The summed E-state index contributed by atoms with van der Waals surface area (Å²) >= 11 is 0. The lowest BCUT2D eigenvalue weighted by molar-refractivity contribution is 0.432. The van der Waals surface area contributed by atoms with Crippen LogP contribution >= 0.6 is 0 Å². The smallest absolute Gasteiger partial charge is 0.259 e. The summed E-state index contributed by atoms with van der Waals surface area (Å²) < 4.78 is 5.48. The molecular weight excluding hydrogens is 354 g/mol. The lowest BCUT2D eigenvalue weighted by atomic mass is 9.94. The minimum atomic E-state index is 0.456. The maximum Gasteiger partial charge on any atom is 0.259 e. The minimum Gasteiger partial charge on any atom is -0.351 e. The molecule has 0 aromatic carbocycles. The number of nitrogens with zero attached hydrogens (tertiary/aromatic N) is 7. The highest BCUT2D eigenvalue weighted by atomic mass is 16.5. The van der Waals surface area contributed by atoms with Crippen molar-refractivity contribution in [3.8, 4) is 22.8 Å². The van der Waals surface area contributed by atoms with Gasteiger partial charge in [0.2, 0.25) is 5.82 Å². The average molecular weight is 371 g/mol. The molecule has 0 aliphatic carbocycles. The number of aryl methyl sites for hydroxylation is 1. The quantitative estimate of drug-likeness (QED) is 0.543. The third kappa shape index (κ3) is 2.88. The van der Waals surface area contributed by atoms with Gasteiger partial charge in [-0.05, 0) is 36.6 Å². The Morgan fingerprint density at radius 3 is 2.79 bits per heavy atom. The number of pyridine rings is 2. The molecule has 1 aliphatic heterocycles. The van der Waals surface area contributed by atoms with Crippen molar-refractivity contribution in [2.75, 3.05) is 11.4 Å². The maximum absolute atomic E-state index is 5.48. The van der Waals surface area contributed by atoms with Crippen molar-refractivity contribution in [3.05, 3.63) is 66.1 Å². The molecule has 0 saturated carbocycles. The monoisotopic (exact) mass is 371 g/mol. The summed E-state index contributed by atoms with van der Waals surface area (Å²) in [6.07, 6.45) is 11.4. The van der Waals surface area contributed by atoms with Gasteiger partial charge in [-0.1, -0.05) is 5.16 Å². The van der Waals surface area contributed by atoms with Crippen LogP contribution < -0.4 is 4.90 Å². The van der Waals surface area contributed by atoms with Crippen LogP contribution in [0.2, 0.25) is 0 Å². The normalized spacial score (nSPS) is 13.4. The van der Waals surface area contributed by atoms with Crippen molar-refractivity contribution in [3.63, 3.8) is 0 Å². The number of aromatic nitrogens is 6. The molecule has 4 aromatic heterocycles. The Morgan fingerprint density at radius 2 is 1.96 bits per heavy atom. The van der Waals surface area contributed by atoms with Crippen LogP contribution in [0.4, 0.5) is 5.82 Å². The second-order valence-electron chi connectivity index (χ2n) is 6.62. The molecule has 5 heterocycles. The Balaban J connectivity index is 1.52. The Labute approximate surface area is 161 Å². The molecule has 8 nitrogen and oxygen atoms in total. The molecule has 0 amide bonds. The van der Waals surface area contributed by atoms with Crippen molar-refractivity contribution in [1.29, 1.82) is 0 Å². The highest BCUT2D eigenvalue weighted by Crippen LogP contribution is 2.32. The van der Waals surface area contributed by atoms with Crippen molar-refractivity contribution in [2.24, 2.45) is 0 Å². The molecule has 0 bridgehead atoms. The molecule has 0 atom stereocenters. The number of anilines is 1. The lowest BCUT2D eigenvalue weighted by Crippen LogP contribution is -2.31. The molecule has 28 heavy (non-hydrogen) atoms. The van der Waals surface area contributed by atoms with E-state index < -0.39 is 0 Å². The van der Waals surface area contributed by atoms with Crippen molar-refractivity contribution in [2.45, 2.75) is 19.9 Å². The SMILES string of the molecule is Cc1ncc2c(c1-c1noc(-c3cccnc3)n1)CCN(c1cnccn1)C2. The summed E-state index contributed by atoms with van der Waals surface area (Å²) in [7, 11) is 0. The standard InChI is InChI=1S/C20H17N7O/c1-13-18(19-25-20(28-26-19)14-3-2-5-21-9-14)16-4-8-27(12-15(16)10-24-13)17-11-22-6-7-23-17/h2-3,5-7,9-11H,4,8,12H2,1H3. The van der Waals surface area contributed by atoms with E-state index in [-0.39, 0.29) is 0 Å². The molecule has 1 aliphatic rings. The zero-order chi connectivity index (χ0) is 18.9. The summed E-state index contributed by atoms with van der Waals surface area (Å²) in [5.41, 5.74) is 5.00. The zero-order valence-electron chi connectivity index (χ0n) is 15.3. The first kappa shape index (κ1) is 16.5. The van der Waals surface area contributed by atoms with Gasteiger partial charge in [-0.15, -0.1) is 0 Å². The van der Waals surface area contributed by atoms with Gasteiger partial charge < -0.3 is 9.42 Å². The van der Waals surface area contributed by atoms with E-state index in [1.54, 1.807) is 31.0 Å². The zero-order valence-corrected chi connectivity index (χ0v) is 15.3. The van der Waals surface area contributed by atoms with Gasteiger partial charge in [0.1, 0.15) is 5.82 Å². The second-order valence-corrected chi connectivity index (χ2v) is 6.62. The number of hydrogen-bond donors (Lipinski definition) is 0. The highest BCUT2D eigenvalue weighted by Gasteiger charge is 2.25. The molecule has 5 rings (SSSR count). The van der Waals surface area contributed by atoms with Gasteiger partial charge in [0, 0.05) is 55.3 Å². The Kier molecular flexibility index (Phi) is 4.01. The summed E-state index contributed by atoms with van der Waals surface area (Å²) in [4.78, 5) is 24.1. The molecular formula is C20H17N7O. The van der Waals surface area contributed by atoms with Crippen LogP contribution in [-0.2, 0) is 13.0 Å². The van der Waals surface area contributed by atoms with Crippen molar-refractivity contribution in [1.82, 2.24) is 30.1 Å². The third-order valence-corrected chi connectivity index (χ3v) is 4.89. The molecule has 0 saturated heterocycles. The van der Waals surface area contributed by atoms with E-state index in [1.165, 1.54) is 5.56 Å². The van der Waals surface area contributed by atoms with Gasteiger partial charge in [0.25, 0.3) is 5.89 Å². The fourth-order valence-corrected chi connectivity index (χ4v) is 3.53. The molecule has 4 aromatic rings. The second kappa shape index (κ2) is 6.80.